The summed E-state index contributed by atoms with van der Waals surface area (Å²) >= 11 is 0. The Morgan fingerprint density at radius 1 is 1.13 bits per heavy atom. The summed E-state index contributed by atoms with van der Waals surface area (Å²) in [6.07, 6.45) is 3.54. The third-order valence-electron chi connectivity index (χ3n) is 5.30. The largest absolute Gasteiger partial charge is 0.379 e. The Morgan fingerprint density at radius 2 is 1.90 bits per heavy atom. The van der Waals surface area contributed by atoms with E-state index >= 15 is 0 Å². The van der Waals surface area contributed by atoms with Crippen LogP contribution in [-0.4, -0.2) is 76.7 Å². The molecule has 2 saturated heterocycles. The molecule has 0 bridgehead atoms. The summed E-state index contributed by atoms with van der Waals surface area (Å²) < 4.78 is 16.7. The van der Waals surface area contributed by atoms with Crippen LogP contribution in [0.3, 0.4) is 0 Å². The molecule has 2 N–H and O–H groups in total. The van der Waals surface area contributed by atoms with Gasteiger partial charge in [-0.25, -0.2) is 0 Å². The quantitative estimate of drug-likeness (QED) is 0.209. The van der Waals surface area contributed by atoms with Gasteiger partial charge in [0.15, 0.2) is 5.96 Å². The summed E-state index contributed by atoms with van der Waals surface area (Å²) in [5, 5.41) is 6.72. The van der Waals surface area contributed by atoms with Gasteiger partial charge in [0, 0.05) is 53.0 Å². The normalized spacial score (nSPS) is 20.0. The molecule has 0 aliphatic carbocycles. The van der Waals surface area contributed by atoms with Crippen molar-refractivity contribution in [1.29, 1.82) is 0 Å². The molecule has 8 heteroatoms. The minimum Gasteiger partial charge on any atom is -0.379 e. The van der Waals surface area contributed by atoms with Gasteiger partial charge in [0.25, 0.3) is 0 Å². The second-order valence-electron chi connectivity index (χ2n) is 7.62. The van der Waals surface area contributed by atoms with Crippen LogP contribution in [0, 0.1) is 0 Å². The minimum atomic E-state index is 0. The van der Waals surface area contributed by atoms with Gasteiger partial charge < -0.3 is 24.8 Å². The average molecular weight is 532 g/mol. The molecule has 0 aromatic heterocycles. The number of nitrogens with one attached hydrogen (secondary N) is 2. The summed E-state index contributed by atoms with van der Waals surface area (Å²) in [5.74, 6) is 0.821. The van der Waals surface area contributed by atoms with Gasteiger partial charge in [-0.05, 0) is 30.4 Å². The number of ether oxygens (including phenoxy) is 3. The molecule has 0 radical (unpaired) electrons. The maximum Gasteiger partial charge on any atom is 0.191 e. The Labute approximate surface area is 197 Å². The number of benzene rings is 1. The van der Waals surface area contributed by atoms with Crippen LogP contribution in [0.1, 0.15) is 30.4 Å². The number of hydrogen-bond donors (Lipinski definition) is 2. The van der Waals surface area contributed by atoms with E-state index in [1.165, 1.54) is 11.1 Å². The van der Waals surface area contributed by atoms with Crippen LogP contribution in [0.5, 0.6) is 0 Å². The lowest BCUT2D eigenvalue weighted by Crippen LogP contribution is -2.37. The molecular formula is C22H37IN4O3. The van der Waals surface area contributed by atoms with Gasteiger partial charge >= 0.3 is 0 Å². The first-order chi connectivity index (χ1) is 14.3. The van der Waals surface area contributed by atoms with Crippen molar-refractivity contribution in [3.8, 4) is 0 Å². The van der Waals surface area contributed by atoms with E-state index < -0.39 is 0 Å². The smallest absolute Gasteiger partial charge is 0.191 e. The van der Waals surface area contributed by atoms with E-state index in [1.54, 1.807) is 7.05 Å². The lowest BCUT2D eigenvalue weighted by Gasteiger charge is -2.26. The van der Waals surface area contributed by atoms with Gasteiger partial charge in [-0.2, -0.15) is 0 Å². The summed E-state index contributed by atoms with van der Waals surface area (Å²) in [4.78, 5) is 6.73. The number of morpholine rings is 1. The van der Waals surface area contributed by atoms with Gasteiger partial charge in [0.1, 0.15) is 0 Å². The number of guanidine groups is 1. The van der Waals surface area contributed by atoms with E-state index in [9.17, 15) is 0 Å². The molecule has 1 atom stereocenters. The van der Waals surface area contributed by atoms with Crippen molar-refractivity contribution in [2.45, 2.75) is 38.5 Å². The number of aliphatic imine (C=N–C) groups is 1. The summed E-state index contributed by atoms with van der Waals surface area (Å²) in [6, 6.07) is 8.81. The molecule has 170 valence electrons. The fraction of sp³-hybridized carbons (Fsp3) is 0.682. The Morgan fingerprint density at radius 3 is 2.60 bits per heavy atom. The molecular weight excluding hydrogens is 495 g/mol. The summed E-state index contributed by atoms with van der Waals surface area (Å²) in [7, 11) is 1.80. The van der Waals surface area contributed by atoms with Crippen LogP contribution in [0.4, 0.5) is 0 Å². The third kappa shape index (κ3) is 9.47. The van der Waals surface area contributed by atoms with Gasteiger partial charge in [0.2, 0.25) is 0 Å². The van der Waals surface area contributed by atoms with Crippen LogP contribution < -0.4 is 10.6 Å². The summed E-state index contributed by atoms with van der Waals surface area (Å²) in [6.45, 7) is 8.66. The maximum atomic E-state index is 5.69. The van der Waals surface area contributed by atoms with E-state index in [4.69, 9.17) is 14.2 Å². The number of halogens is 1. The number of rotatable bonds is 10. The molecule has 30 heavy (non-hydrogen) atoms. The molecule has 7 nitrogen and oxygen atoms in total. The van der Waals surface area contributed by atoms with E-state index in [0.717, 1.165) is 84.4 Å². The molecule has 0 spiro atoms. The number of nitrogens with zero attached hydrogens (tertiary/aromatic N) is 2. The van der Waals surface area contributed by atoms with Crippen LogP contribution in [0.25, 0.3) is 0 Å². The molecule has 1 aromatic carbocycles. The van der Waals surface area contributed by atoms with Gasteiger partial charge in [-0.15, -0.1) is 24.0 Å². The molecule has 2 fully saturated rings. The zero-order chi connectivity index (χ0) is 20.2. The molecule has 3 rings (SSSR count). The van der Waals surface area contributed by atoms with Gasteiger partial charge in [-0.3, -0.25) is 9.89 Å². The van der Waals surface area contributed by atoms with Crippen LogP contribution in [0.15, 0.2) is 29.3 Å². The second kappa shape index (κ2) is 15.0. The van der Waals surface area contributed by atoms with Crippen molar-refractivity contribution in [2.24, 2.45) is 4.99 Å². The van der Waals surface area contributed by atoms with Crippen molar-refractivity contribution in [2.75, 3.05) is 59.7 Å². The van der Waals surface area contributed by atoms with E-state index in [2.05, 4.69) is 44.8 Å². The van der Waals surface area contributed by atoms with Crippen molar-refractivity contribution in [3.63, 3.8) is 0 Å². The predicted octanol–water partition coefficient (Wildman–Crippen LogP) is 2.39. The monoisotopic (exact) mass is 532 g/mol. The lowest BCUT2D eigenvalue weighted by molar-refractivity contribution is 0.0168. The molecule has 2 heterocycles. The fourth-order valence-electron chi connectivity index (χ4n) is 3.56. The lowest BCUT2D eigenvalue weighted by atomic mass is 10.1. The Bertz CT molecular complexity index is 603. The zero-order valence-electron chi connectivity index (χ0n) is 18.1. The van der Waals surface area contributed by atoms with E-state index in [0.29, 0.717) is 12.7 Å². The second-order valence-corrected chi connectivity index (χ2v) is 7.62. The van der Waals surface area contributed by atoms with E-state index in [1.807, 2.05) is 0 Å². The Hall–Kier alpha value is -0.940. The van der Waals surface area contributed by atoms with Crippen LogP contribution >= 0.6 is 24.0 Å². The maximum absolute atomic E-state index is 5.69. The average Bonchev–Trinajstić information content (AvgIpc) is 3.28. The highest BCUT2D eigenvalue weighted by atomic mass is 127. The highest BCUT2D eigenvalue weighted by molar-refractivity contribution is 14.0. The standard InChI is InChI=1S/C22H36N4O3.HI/c1-23-22(24-9-3-12-28-18-21-4-2-13-29-21)25-16-19-5-7-20(8-6-19)17-26-10-14-27-15-11-26;/h5-8,21H,2-4,9-18H2,1H3,(H2,23,24,25);1H. The molecule has 1 unspecified atom stereocenters. The zero-order valence-corrected chi connectivity index (χ0v) is 20.4. The van der Waals surface area contributed by atoms with Crippen LogP contribution in [-0.2, 0) is 27.3 Å². The first-order valence-corrected chi connectivity index (χ1v) is 10.9. The minimum absolute atomic E-state index is 0. The molecule has 1 aromatic rings. The number of hydrogen-bond acceptors (Lipinski definition) is 5. The van der Waals surface area contributed by atoms with Crippen molar-refractivity contribution >= 4 is 29.9 Å². The summed E-state index contributed by atoms with van der Waals surface area (Å²) in [5.41, 5.74) is 2.60. The molecule has 2 aliphatic rings. The van der Waals surface area contributed by atoms with Gasteiger partial charge in [0.05, 0.1) is 25.9 Å². The molecule has 2 aliphatic heterocycles. The third-order valence-corrected chi connectivity index (χ3v) is 5.30. The van der Waals surface area contributed by atoms with Gasteiger partial charge in [-0.1, -0.05) is 24.3 Å². The SMILES string of the molecule is CN=C(NCCCOCC1CCCO1)NCc1ccc(CN2CCOCC2)cc1.I. The molecule has 0 amide bonds. The van der Waals surface area contributed by atoms with Crippen molar-refractivity contribution < 1.29 is 14.2 Å². The topological polar surface area (TPSA) is 67.4 Å². The molecule has 0 saturated carbocycles. The highest BCUT2D eigenvalue weighted by Crippen LogP contribution is 2.12. The van der Waals surface area contributed by atoms with Crippen LogP contribution in [0.2, 0.25) is 0 Å². The van der Waals surface area contributed by atoms with E-state index in [-0.39, 0.29) is 24.0 Å². The van der Waals surface area contributed by atoms with Crippen molar-refractivity contribution in [1.82, 2.24) is 15.5 Å². The Balaban J connectivity index is 0.00000320. The fourth-order valence-corrected chi connectivity index (χ4v) is 3.56. The first kappa shape index (κ1) is 25.3. The highest BCUT2D eigenvalue weighted by Gasteiger charge is 2.15. The van der Waals surface area contributed by atoms with Crippen molar-refractivity contribution in [3.05, 3.63) is 35.4 Å². The first-order valence-electron chi connectivity index (χ1n) is 10.9. The Kier molecular flexibility index (Phi) is 12.6. The predicted molar refractivity (Wildman–Crippen MR) is 131 cm³/mol.